The summed E-state index contributed by atoms with van der Waals surface area (Å²) in [4.78, 5) is 25.5. The van der Waals surface area contributed by atoms with Crippen LogP contribution in [-0.4, -0.2) is 41.5 Å². The molecule has 1 aliphatic heterocycles. The standard InChI is InChI=1S/C15H21N3O3/c1-2-14(19)18-6-5-10(9-18)8-16-15(20)12-7-13(21-17-12)11-3-4-11/h7,10-11H,2-6,8-9H2,1H3,(H,16,20). The highest BCUT2D eigenvalue weighted by Gasteiger charge is 2.29. The fraction of sp³-hybridized carbons (Fsp3) is 0.667. The molecule has 114 valence electrons. The van der Waals surface area contributed by atoms with Gasteiger partial charge in [-0.15, -0.1) is 0 Å². The predicted molar refractivity (Wildman–Crippen MR) is 75.8 cm³/mol. The van der Waals surface area contributed by atoms with Gasteiger partial charge in [-0.25, -0.2) is 0 Å². The molecule has 1 unspecified atom stereocenters. The Bertz CT molecular complexity index is 536. The summed E-state index contributed by atoms with van der Waals surface area (Å²) in [5.74, 6) is 1.61. The highest BCUT2D eigenvalue weighted by atomic mass is 16.5. The summed E-state index contributed by atoms with van der Waals surface area (Å²) in [6.45, 7) is 3.99. The van der Waals surface area contributed by atoms with Crippen molar-refractivity contribution in [2.45, 2.75) is 38.5 Å². The van der Waals surface area contributed by atoms with Crippen molar-refractivity contribution < 1.29 is 14.1 Å². The van der Waals surface area contributed by atoms with Gasteiger partial charge < -0.3 is 14.7 Å². The van der Waals surface area contributed by atoms with Gasteiger partial charge in [0.25, 0.3) is 5.91 Å². The Morgan fingerprint density at radius 1 is 1.43 bits per heavy atom. The zero-order chi connectivity index (χ0) is 14.8. The summed E-state index contributed by atoms with van der Waals surface area (Å²) in [5.41, 5.74) is 0.358. The maximum atomic E-state index is 12.0. The van der Waals surface area contributed by atoms with Gasteiger partial charge in [0, 0.05) is 38.0 Å². The van der Waals surface area contributed by atoms with Gasteiger partial charge in [-0.05, 0) is 25.2 Å². The van der Waals surface area contributed by atoms with Crippen LogP contribution in [0.15, 0.2) is 10.6 Å². The van der Waals surface area contributed by atoms with E-state index in [1.54, 1.807) is 6.07 Å². The second-order valence-electron chi connectivity index (χ2n) is 5.95. The Kier molecular flexibility index (Phi) is 3.94. The van der Waals surface area contributed by atoms with Crippen molar-refractivity contribution in [1.82, 2.24) is 15.4 Å². The van der Waals surface area contributed by atoms with Crippen molar-refractivity contribution in [3.05, 3.63) is 17.5 Å². The summed E-state index contributed by atoms with van der Waals surface area (Å²) in [6, 6.07) is 1.74. The third-order valence-corrected chi connectivity index (χ3v) is 4.23. The second-order valence-corrected chi connectivity index (χ2v) is 5.95. The lowest BCUT2D eigenvalue weighted by molar-refractivity contribution is -0.129. The molecule has 2 fully saturated rings. The molecule has 0 spiro atoms. The molecule has 1 N–H and O–H groups in total. The summed E-state index contributed by atoms with van der Waals surface area (Å²) in [5, 5.41) is 6.72. The van der Waals surface area contributed by atoms with Crippen LogP contribution in [-0.2, 0) is 4.79 Å². The van der Waals surface area contributed by atoms with Crippen LogP contribution < -0.4 is 5.32 Å². The summed E-state index contributed by atoms with van der Waals surface area (Å²) in [7, 11) is 0. The number of carbonyl (C=O) groups is 2. The smallest absolute Gasteiger partial charge is 0.273 e. The number of nitrogens with zero attached hydrogens (tertiary/aromatic N) is 2. The first-order valence-electron chi connectivity index (χ1n) is 7.70. The molecule has 1 saturated heterocycles. The Morgan fingerprint density at radius 2 is 2.24 bits per heavy atom. The zero-order valence-corrected chi connectivity index (χ0v) is 12.3. The number of hydrogen-bond acceptors (Lipinski definition) is 4. The number of likely N-dealkylation sites (tertiary alicyclic amines) is 1. The number of carbonyl (C=O) groups excluding carboxylic acids is 2. The van der Waals surface area contributed by atoms with Crippen LogP contribution >= 0.6 is 0 Å². The van der Waals surface area contributed by atoms with E-state index in [1.807, 2.05) is 11.8 Å². The fourth-order valence-corrected chi connectivity index (χ4v) is 2.73. The highest BCUT2D eigenvalue weighted by Crippen LogP contribution is 2.40. The van der Waals surface area contributed by atoms with Crippen molar-refractivity contribution in [3.63, 3.8) is 0 Å². The molecule has 1 aromatic rings. The van der Waals surface area contributed by atoms with Crippen LogP contribution in [0.4, 0.5) is 0 Å². The van der Waals surface area contributed by atoms with Gasteiger partial charge in [-0.1, -0.05) is 12.1 Å². The second kappa shape index (κ2) is 5.87. The van der Waals surface area contributed by atoms with Crippen molar-refractivity contribution in [2.75, 3.05) is 19.6 Å². The van der Waals surface area contributed by atoms with Crippen LogP contribution in [0.25, 0.3) is 0 Å². The van der Waals surface area contributed by atoms with Gasteiger partial charge in [0.1, 0.15) is 5.76 Å². The minimum atomic E-state index is -0.189. The van der Waals surface area contributed by atoms with E-state index >= 15 is 0 Å². The Labute approximate surface area is 123 Å². The number of amides is 2. The summed E-state index contributed by atoms with van der Waals surface area (Å²) >= 11 is 0. The van der Waals surface area contributed by atoms with E-state index < -0.39 is 0 Å². The monoisotopic (exact) mass is 291 g/mol. The first kappa shape index (κ1) is 14.1. The van der Waals surface area contributed by atoms with E-state index in [-0.39, 0.29) is 11.8 Å². The Morgan fingerprint density at radius 3 is 2.95 bits per heavy atom. The number of aromatic nitrogens is 1. The van der Waals surface area contributed by atoms with Gasteiger partial charge in [0.2, 0.25) is 5.91 Å². The van der Waals surface area contributed by atoms with E-state index in [0.717, 1.165) is 38.1 Å². The quantitative estimate of drug-likeness (QED) is 0.893. The lowest BCUT2D eigenvalue weighted by Crippen LogP contribution is -2.32. The van der Waals surface area contributed by atoms with Crippen LogP contribution in [0.3, 0.4) is 0 Å². The molecule has 1 saturated carbocycles. The normalized spacial score (nSPS) is 21.6. The minimum Gasteiger partial charge on any atom is -0.360 e. The van der Waals surface area contributed by atoms with Crippen molar-refractivity contribution in [3.8, 4) is 0 Å². The van der Waals surface area contributed by atoms with Gasteiger partial charge in [-0.2, -0.15) is 0 Å². The molecular formula is C15H21N3O3. The van der Waals surface area contributed by atoms with Crippen molar-refractivity contribution in [1.29, 1.82) is 0 Å². The first-order chi connectivity index (χ1) is 10.2. The van der Waals surface area contributed by atoms with E-state index in [2.05, 4.69) is 10.5 Å². The minimum absolute atomic E-state index is 0.189. The third-order valence-electron chi connectivity index (χ3n) is 4.23. The molecule has 6 nitrogen and oxygen atoms in total. The van der Waals surface area contributed by atoms with Gasteiger partial charge in [0.05, 0.1) is 0 Å². The topological polar surface area (TPSA) is 75.4 Å². The SMILES string of the molecule is CCC(=O)N1CCC(CNC(=O)c2cc(C3CC3)on2)C1. The molecule has 1 aromatic heterocycles. The molecule has 2 aliphatic rings. The molecule has 2 heterocycles. The van der Waals surface area contributed by atoms with Crippen molar-refractivity contribution in [2.24, 2.45) is 5.92 Å². The van der Waals surface area contributed by atoms with Crippen LogP contribution in [0, 0.1) is 5.92 Å². The van der Waals surface area contributed by atoms with Crippen LogP contribution in [0.5, 0.6) is 0 Å². The van der Waals surface area contributed by atoms with Crippen LogP contribution in [0.2, 0.25) is 0 Å². The zero-order valence-electron chi connectivity index (χ0n) is 12.3. The van der Waals surface area contributed by atoms with Crippen molar-refractivity contribution >= 4 is 11.8 Å². The van der Waals surface area contributed by atoms with Crippen LogP contribution in [0.1, 0.15) is 54.8 Å². The summed E-state index contributed by atoms with van der Waals surface area (Å²) in [6.07, 6.45) is 3.74. The Hall–Kier alpha value is -1.85. The molecule has 1 atom stereocenters. The molecule has 6 heteroatoms. The lowest BCUT2D eigenvalue weighted by atomic mass is 10.1. The largest absolute Gasteiger partial charge is 0.360 e. The van der Waals surface area contributed by atoms with Gasteiger partial charge >= 0.3 is 0 Å². The fourth-order valence-electron chi connectivity index (χ4n) is 2.73. The van der Waals surface area contributed by atoms with E-state index in [4.69, 9.17) is 4.52 Å². The number of hydrogen-bond donors (Lipinski definition) is 1. The van der Waals surface area contributed by atoms with E-state index in [1.165, 1.54) is 0 Å². The molecule has 3 rings (SSSR count). The average Bonchev–Trinajstić information content (AvgIpc) is 3.05. The molecular weight excluding hydrogens is 270 g/mol. The molecule has 0 bridgehead atoms. The molecule has 2 amide bonds. The van der Waals surface area contributed by atoms with E-state index in [0.29, 0.717) is 30.5 Å². The Balaban J connectivity index is 1.46. The maximum Gasteiger partial charge on any atom is 0.273 e. The molecule has 21 heavy (non-hydrogen) atoms. The molecule has 0 aromatic carbocycles. The number of rotatable bonds is 5. The molecule has 1 aliphatic carbocycles. The maximum absolute atomic E-state index is 12.0. The van der Waals surface area contributed by atoms with Gasteiger partial charge in [0.15, 0.2) is 5.69 Å². The van der Waals surface area contributed by atoms with Gasteiger partial charge in [-0.3, -0.25) is 9.59 Å². The van der Waals surface area contributed by atoms with E-state index in [9.17, 15) is 9.59 Å². The third kappa shape index (κ3) is 3.25. The molecule has 0 radical (unpaired) electrons. The average molecular weight is 291 g/mol. The lowest BCUT2D eigenvalue weighted by Gasteiger charge is -2.15. The first-order valence-corrected chi connectivity index (χ1v) is 7.70. The highest BCUT2D eigenvalue weighted by molar-refractivity contribution is 5.92. The summed E-state index contributed by atoms with van der Waals surface area (Å²) < 4.78 is 5.18. The number of nitrogens with one attached hydrogen (secondary N) is 1. The predicted octanol–water partition coefficient (Wildman–Crippen LogP) is 1.54.